The summed E-state index contributed by atoms with van der Waals surface area (Å²) < 4.78 is 10.7. The molecule has 2 heterocycles. The summed E-state index contributed by atoms with van der Waals surface area (Å²) in [5.41, 5.74) is 0.515. The Morgan fingerprint density at radius 3 is 2.52 bits per heavy atom. The lowest BCUT2D eigenvalue weighted by Crippen LogP contribution is -2.39. The van der Waals surface area contributed by atoms with Crippen molar-refractivity contribution < 1.29 is 24.2 Å². The molecule has 1 aromatic rings. The van der Waals surface area contributed by atoms with Crippen LogP contribution < -0.4 is 10.1 Å². The molecule has 110 valence electrons. The van der Waals surface area contributed by atoms with Gasteiger partial charge < -0.3 is 19.9 Å². The van der Waals surface area contributed by atoms with E-state index >= 15 is 0 Å². The molecule has 0 aromatic heterocycles. The Balaban J connectivity index is 1.82. The second-order valence-corrected chi connectivity index (χ2v) is 5.03. The Kier molecular flexibility index (Phi) is 3.39. The second kappa shape index (κ2) is 5.21. The number of anilines is 1. The van der Waals surface area contributed by atoms with E-state index < -0.39 is 30.0 Å². The van der Waals surface area contributed by atoms with Crippen LogP contribution in [0.5, 0.6) is 5.75 Å². The van der Waals surface area contributed by atoms with E-state index in [1.54, 1.807) is 36.4 Å². The van der Waals surface area contributed by atoms with Gasteiger partial charge in [0.05, 0.1) is 30.9 Å². The fourth-order valence-corrected chi connectivity index (χ4v) is 2.88. The molecule has 1 aromatic carbocycles. The monoisotopic (exact) mass is 289 g/mol. The molecule has 2 bridgehead atoms. The van der Waals surface area contributed by atoms with Crippen LogP contribution in [0.4, 0.5) is 5.69 Å². The second-order valence-electron chi connectivity index (χ2n) is 5.03. The van der Waals surface area contributed by atoms with Crippen molar-refractivity contribution in [1.82, 2.24) is 0 Å². The summed E-state index contributed by atoms with van der Waals surface area (Å²) in [4.78, 5) is 23.8. The molecule has 21 heavy (non-hydrogen) atoms. The number of carbonyl (C=O) groups is 2. The zero-order valence-electron chi connectivity index (χ0n) is 11.4. The van der Waals surface area contributed by atoms with Crippen molar-refractivity contribution in [2.75, 3.05) is 12.4 Å². The largest absolute Gasteiger partial charge is 0.495 e. The van der Waals surface area contributed by atoms with Gasteiger partial charge in [0.15, 0.2) is 0 Å². The van der Waals surface area contributed by atoms with Gasteiger partial charge >= 0.3 is 5.97 Å². The van der Waals surface area contributed by atoms with Crippen molar-refractivity contribution in [2.24, 2.45) is 11.8 Å². The number of rotatable bonds is 4. The molecule has 3 rings (SSSR count). The summed E-state index contributed by atoms with van der Waals surface area (Å²) in [7, 11) is 1.51. The van der Waals surface area contributed by atoms with Crippen LogP contribution >= 0.6 is 0 Å². The van der Waals surface area contributed by atoms with Crippen LogP contribution in [-0.4, -0.2) is 36.3 Å². The van der Waals surface area contributed by atoms with Crippen LogP contribution in [0.15, 0.2) is 36.4 Å². The van der Waals surface area contributed by atoms with E-state index in [9.17, 15) is 14.7 Å². The summed E-state index contributed by atoms with van der Waals surface area (Å²) in [6.45, 7) is 0. The Hall–Kier alpha value is -2.34. The summed E-state index contributed by atoms with van der Waals surface area (Å²) in [6, 6.07) is 6.99. The fraction of sp³-hybridized carbons (Fsp3) is 0.333. The minimum absolute atomic E-state index is 0.372. The highest BCUT2D eigenvalue weighted by atomic mass is 16.5. The summed E-state index contributed by atoms with van der Waals surface area (Å²) in [5.74, 6) is -2.45. The van der Waals surface area contributed by atoms with E-state index in [1.807, 2.05) is 0 Å². The van der Waals surface area contributed by atoms with Gasteiger partial charge in [0.2, 0.25) is 5.91 Å². The molecule has 2 aliphatic rings. The Labute approximate surface area is 121 Å². The van der Waals surface area contributed by atoms with Crippen LogP contribution in [0, 0.1) is 11.8 Å². The molecule has 4 atom stereocenters. The Morgan fingerprint density at radius 1 is 1.19 bits per heavy atom. The maximum atomic E-state index is 12.4. The molecular weight excluding hydrogens is 274 g/mol. The number of fused-ring (bicyclic) bond motifs is 2. The molecule has 6 nitrogen and oxygen atoms in total. The number of carboxylic acid groups (broad SMARTS) is 1. The number of aliphatic carboxylic acids is 1. The smallest absolute Gasteiger partial charge is 0.310 e. The van der Waals surface area contributed by atoms with Gasteiger partial charge in [0, 0.05) is 0 Å². The SMILES string of the molecule is COc1ccccc1NC(=O)[C@H]1[C@@H](C(=O)O)[C@@H]2C=C[C@H]1O2. The maximum absolute atomic E-state index is 12.4. The van der Waals surface area contributed by atoms with Gasteiger partial charge in [-0.05, 0) is 12.1 Å². The lowest BCUT2D eigenvalue weighted by atomic mass is 9.82. The number of carbonyl (C=O) groups excluding carboxylic acids is 1. The highest BCUT2D eigenvalue weighted by Gasteiger charge is 2.53. The number of ether oxygens (including phenoxy) is 2. The molecule has 2 N–H and O–H groups in total. The fourth-order valence-electron chi connectivity index (χ4n) is 2.88. The van der Waals surface area contributed by atoms with Gasteiger partial charge in [-0.1, -0.05) is 24.3 Å². The van der Waals surface area contributed by atoms with E-state index in [2.05, 4.69) is 5.32 Å². The molecule has 0 spiro atoms. The maximum Gasteiger partial charge on any atom is 0.310 e. The van der Waals surface area contributed by atoms with Crippen molar-refractivity contribution in [1.29, 1.82) is 0 Å². The summed E-state index contributed by atoms with van der Waals surface area (Å²) in [5, 5.41) is 12.0. The standard InChI is InChI=1S/C15H15NO5/c1-20-9-5-3-2-4-8(9)16-14(17)12-10-6-7-11(21-10)13(12)15(18)19/h2-7,10-13H,1H3,(H,16,17)(H,18,19)/t10-,11+,12-,13+/m1/s1. The quantitative estimate of drug-likeness (QED) is 0.816. The molecule has 0 aliphatic carbocycles. The molecule has 1 fully saturated rings. The van der Waals surface area contributed by atoms with Crippen molar-refractivity contribution in [3.05, 3.63) is 36.4 Å². The van der Waals surface area contributed by atoms with Crippen LogP contribution in [-0.2, 0) is 14.3 Å². The van der Waals surface area contributed by atoms with E-state index in [0.717, 1.165) is 0 Å². The molecule has 2 aliphatic heterocycles. The molecule has 0 radical (unpaired) electrons. The Bertz CT molecular complexity index is 612. The van der Waals surface area contributed by atoms with Crippen LogP contribution in [0.3, 0.4) is 0 Å². The third-order valence-corrected chi connectivity index (χ3v) is 3.85. The number of methoxy groups -OCH3 is 1. The molecule has 6 heteroatoms. The average molecular weight is 289 g/mol. The van der Waals surface area contributed by atoms with Crippen molar-refractivity contribution in [3.63, 3.8) is 0 Å². The normalized spacial score (nSPS) is 29.4. The molecular formula is C15H15NO5. The Morgan fingerprint density at radius 2 is 1.86 bits per heavy atom. The zero-order valence-corrected chi connectivity index (χ0v) is 11.4. The first-order valence-corrected chi connectivity index (χ1v) is 6.62. The van der Waals surface area contributed by atoms with Crippen molar-refractivity contribution in [3.8, 4) is 5.75 Å². The highest BCUT2D eigenvalue weighted by molar-refractivity contribution is 5.97. The first-order valence-electron chi connectivity index (χ1n) is 6.62. The first-order chi connectivity index (χ1) is 10.1. The van der Waals surface area contributed by atoms with Crippen molar-refractivity contribution in [2.45, 2.75) is 12.2 Å². The predicted octanol–water partition coefficient (Wildman–Crippen LogP) is 1.29. The molecule has 0 saturated carbocycles. The van der Waals surface area contributed by atoms with Crippen molar-refractivity contribution >= 4 is 17.6 Å². The number of hydrogen-bond donors (Lipinski definition) is 2. The van der Waals surface area contributed by atoms with Gasteiger partial charge in [-0.25, -0.2) is 0 Å². The first kappa shape index (κ1) is 13.6. The third kappa shape index (κ3) is 2.27. The van der Waals surface area contributed by atoms with Gasteiger partial charge in [-0.15, -0.1) is 0 Å². The molecule has 0 unspecified atom stereocenters. The topological polar surface area (TPSA) is 84.9 Å². The van der Waals surface area contributed by atoms with E-state index in [4.69, 9.17) is 9.47 Å². The number of benzene rings is 1. The van der Waals surface area contributed by atoms with E-state index in [1.165, 1.54) is 7.11 Å². The highest BCUT2D eigenvalue weighted by Crippen LogP contribution is 2.40. The van der Waals surface area contributed by atoms with Gasteiger partial charge in [0.1, 0.15) is 11.7 Å². The van der Waals surface area contributed by atoms with E-state index in [-0.39, 0.29) is 5.91 Å². The van der Waals surface area contributed by atoms with Gasteiger partial charge in [-0.2, -0.15) is 0 Å². The number of carboxylic acids is 1. The van der Waals surface area contributed by atoms with Gasteiger partial charge in [0.25, 0.3) is 0 Å². The average Bonchev–Trinajstić information content (AvgIpc) is 3.08. The number of amides is 1. The zero-order chi connectivity index (χ0) is 15.0. The minimum Gasteiger partial charge on any atom is -0.495 e. The lowest BCUT2D eigenvalue weighted by Gasteiger charge is -2.21. The number of para-hydroxylation sites is 2. The predicted molar refractivity (Wildman–Crippen MR) is 74.0 cm³/mol. The number of hydrogen-bond acceptors (Lipinski definition) is 4. The van der Waals surface area contributed by atoms with Crippen LogP contribution in [0.25, 0.3) is 0 Å². The third-order valence-electron chi connectivity index (χ3n) is 3.85. The minimum atomic E-state index is -1.02. The van der Waals surface area contributed by atoms with Gasteiger partial charge in [-0.3, -0.25) is 9.59 Å². The lowest BCUT2D eigenvalue weighted by molar-refractivity contribution is -0.145. The summed E-state index contributed by atoms with van der Waals surface area (Å²) >= 11 is 0. The molecule has 1 saturated heterocycles. The number of nitrogens with one attached hydrogen (secondary N) is 1. The van der Waals surface area contributed by atoms with E-state index in [0.29, 0.717) is 11.4 Å². The van der Waals surface area contributed by atoms with Crippen LogP contribution in [0.2, 0.25) is 0 Å². The summed E-state index contributed by atoms with van der Waals surface area (Å²) in [6.07, 6.45) is 2.44. The van der Waals surface area contributed by atoms with Crippen LogP contribution in [0.1, 0.15) is 0 Å². The molecule has 1 amide bonds.